The number of nitrogens with one attached hydrogen (secondary N) is 1. The summed E-state index contributed by atoms with van der Waals surface area (Å²) in [5.74, 6) is -3.87. The lowest BCUT2D eigenvalue weighted by molar-refractivity contribution is -0.168. The predicted molar refractivity (Wildman–Crippen MR) is 135 cm³/mol. The molecule has 1 aromatic rings. The summed E-state index contributed by atoms with van der Waals surface area (Å²) in [5, 5.41) is 12.1. The molecule has 1 aliphatic carbocycles. The standard InChI is InChI=1S/C28H41F2NO6/c1-3-5-6-7-8-9-10-11-12-20-13-14-21(24(30)23(20)29)16-18-37-27(35)31-22-15-17-28(19-22,25(32)33)26(34)36-4-2/h13-14,22H,3-12,15-19H2,1-2H3,(H,31,35)(H,32,33). The van der Waals surface area contributed by atoms with Crippen LogP contribution >= 0.6 is 0 Å². The maximum Gasteiger partial charge on any atom is 0.407 e. The number of hydrogen-bond acceptors (Lipinski definition) is 5. The van der Waals surface area contributed by atoms with E-state index in [1.165, 1.54) is 38.2 Å². The molecule has 2 N–H and O–H groups in total. The number of carboxylic acid groups (broad SMARTS) is 1. The molecule has 1 aromatic carbocycles. The lowest BCUT2D eigenvalue weighted by Gasteiger charge is -2.22. The molecule has 0 aromatic heterocycles. The van der Waals surface area contributed by atoms with Crippen molar-refractivity contribution >= 4 is 18.0 Å². The number of amides is 1. The third kappa shape index (κ3) is 8.97. The van der Waals surface area contributed by atoms with Gasteiger partial charge in [0.05, 0.1) is 13.2 Å². The van der Waals surface area contributed by atoms with Crippen LogP contribution in [0.3, 0.4) is 0 Å². The van der Waals surface area contributed by atoms with Gasteiger partial charge in [0.15, 0.2) is 17.0 Å². The number of esters is 1. The Morgan fingerprint density at radius 2 is 1.54 bits per heavy atom. The Morgan fingerprint density at radius 3 is 2.14 bits per heavy atom. The van der Waals surface area contributed by atoms with E-state index >= 15 is 0 Å². The first kappa shape index (κ1) is 30.5. The van der Waals surface area contributed by atoms with E-state index in [-0.39, 0.29) is 44.5 Å². The smallest absolute Gasteiger partial charge is 0.407 e. The first-order chi connectivity index (χ1) is 17.7. The van der Waals surface area contributed by atoms with Crippen LogP contribution < -0.4 is 5.32 Å². The van der Waals surface area contributed by atoms with Crippen molar-refractivity contribution < 1.29 is 37.7 Å². The first-order valence-corrected chi connectivity index (χ1v) is 13.5. The van der Waals surface area contributed by atoms with Crippen molar-refractivity contribution in [3.8, 4) is 0 Å². The fourth-order valence-electron chi connectivity index (χ4n) is 4.83. The third-order valence-corrected chi connectivity index (χ3v) is 7.06. The summed E-state index contributed by atoms with van der Waals surface area (Å²) < 4.78 is 39.0. The number of ether oxygens (including phenoxy) is 2. The van der Waals surface area contributed by atoms with Crippen molar-refractivity contribution in [2.75, 3.05) is 13.2 Å². The average molecular weight is 526 g/mol. The van der Waals surface area contributed by atoms with Crippen molar-refractivity contribution in [1.29, 1.82) is 0 Å². The largest absolute Gasteiger partial charge is 0.480 e. The lowest BCUT2D eigenvalue weighted by atomic mass is 9.86. The number of halogens is 2. The van der Waals surface area contributed by atoms with E-state index in [2.05, 4.69) is 12.2 Å². The fraction of sp³-hybridized carbons (Fsp3) is 0.679. The van der Waals surface area contributed by atoms with Crippen LogP contribution in [0.25, 0.3) is 0 Å². The van der Waals surface area contributed by atoms with Gasteiger partial charge in [-0.15, -0.1) is 0 Å². The van der Waals surface area contributed by atoms with E-state index in [0.29, 0.717) is 12.0 Å². The molecule has 1 fully saturated rings. The lowest BCUT2D eigenvalue weighted by Crippen LogP contribution is -2.41. The highest BCUT2D eigenvalue weighted by Gasteiger charge is 2.53. The maximum absolute atomic E-state index is 14.5. The zero-order valence-electron chi connectivity index (χ0n) is 22.1. The summed E-state index contributed by atoms with van der Waals surface area (Å²) in [6.07, 6.45) is 8.95. The van der Waals surface area contributed by atoms with Crippen molar-refractivity contribution in [3.63, 3.8) is 0 Å². The molecule has 208 valence electrons. The molecule has 7 nitrogen and oxygen atoms in total. The normalized spacial score (nSPS) is 19.0. The Labute approximate surface area is 218 Å². The fourth-order valence-corrected chi connectivity index (χ4v) is 4.83. The molecule has 37 heavy (non-hydrogen) atoms. The second-order valence-corrected chi connectivity index (χ2v) is 9.81. The van der Waals surface area contributed by atoms with E-state index in [4.69, 9.17) is 9.47 Å². The molecule has 0 saturated heterocycles. The molecule has 1 aliphatic rings. The highest BCUT2D eigenvalue weighted by Crippen LogP contribution is 2.40. The molecule has 1 saturated carbocycles. The van der Waals surface area contributed by atoms with Crippen molar-refractivity contribution in [2.45, 2.75) is 103 Å². The highest BCUT2D eigenvalue weighted by molar-refractivity contribution is 5.99. The van der Waals surface area contributed by atoms with Crippen LogP contribution in [-0.2, 0) is 31.9 Å². The van der Waals surface area contributed by atoms with Gasteiger partial charge in [-0.3, -0.25) is 9.59 Å². The molecule has 2 rings (SSSR count). The second-order valence-electron chi connectivity index (χ2n) is 9.81. The summed E-state index contributed by atoms with van der Waals surface area (Å²) in [5.41, 5.74) is -1.21. The van der Waals surface area contributed by atoms with Gasteiger partial charge >= 0.3 is 18.0 Å². The number of aliphatic carboxylic acids is 1. The molecular weight excluding hydrogens is 484 g/mol. The van der Waals surface area contributed by atoms with Gasteiger partial charge in [0.1, 0.15) is 0 Å². The number of carbonyl (C=O) groups excluding carboxylic acids is 2. The van der Waals surface area contributed by atoms with Gasteiger partial charge in [0.2, 0.25) is 0 Å². The molecule has 0 bridgehead atoms. The average Bonchev–Trinajstić information content (AvgIpc) is 3.30. The van der Waals surface area contributed by atoms with E-state index in [0.717, 1.165) is 19.3 Å². The summed E-state index contributed by atoms with van der Waals surface area (Å²) >= 11 is 0. The topological polar surface area (TPSA) is 102 Å². The summed E-state index contributed by atoms with van der Waals surface area (Å²) in [4.78, 5) is 36.0. The van der Waals surface area contributed by atoms with E-state index in [1.807, 2.05) is 0 Å². The van der Waals surface area contributed by atoms with Crippen LogP contribution in [0.5, 0.6) is 0 Å². The molecular formula is C28H41F2NO6. The number of carboxylic acids is 1. The van der Waals surface area contributed by atoms with Gasteiger partial charge in [-0.05, 0) is 50.2 Å². The number of rotatable bonds is 16. The molecule has 0 spiro atoms. The number of carbonyl (C=O) groups is 3. The maximum atomic E-state index is 14.5. The number of benzene rings is 1. The van der Waals surface area contributed by atoms with Gasteiger partial charge in [0, 0.05) is 12.5 Å². The van der Waals surface area contributed by atoms with Crippen LogP contribution in [0.2, 0.25) is 0 Å². The van der Waals surface area contributed by atoms with Crippen molar-refractivity contribution in [1.82, 2.24) is 5.32 Å². The van der Waals surface area contributed by atoms with Crippen molar-refractivity contribution in [3.05, 3.63) is 34.9 Å². The minimum absolute atomic E-state index is 0.000763. The van der Waals surface area contributed by atoms with Crippen LogP contribution in [0.4, 0.5) is 13.6 Å². The molecule has 0 heterocycles. The molecule has 1 amide bonds. The van der Waals surface area contributed by atoms with E-state index < -0.39 is 41.1 Å². The SMILES string of the molecule is CCCCCCCCCCc1ccc(CCOC(=O)NC2CCC(C(=O)O)(C(=O)OCC)C2)c(F)c1F. The number of unbranched alkanes of at least 4 members (excludes halogenated alkanes) is 7. The van der Waals surface area contributed by atoms with Crippen LogP contribution in [0.1, 0.15) is 95.6 Å². The van der Waals surface area contributed by atoms with E-state index in [1.54, 1.807) is 13.0 Å². The quantitative estimate of drug-likeness (QED) is 0.154. The molecule has 9 heteroatoms. The summed E-state index contributed by atoms with van der Waals surface area (Å²) in [6.45, 7) is 3.66. The molecule has 0 radical (unpaired) electrons. The Bertz CT molecular complexity index is 909. The van der Waals surface area contributed by atoms with Crippen molar-refractivity contribution in [2.24, 2.45) is 5.41 Å². The van der Waals surface area contributed by atoms with Gasteiger partial charge in [-0.25, -0.2) is 13.6 Å². The Morgan fingerprint density at radius 1 is 0.946 bits per heavy atom. The second kappa shape index (κ2) is 15.5. The van der Waals surface area contributed by atoms with Gasteiger partial charge in [0.25, 0.3) is 0 Å². The number of aryl methyl sites for hydroxylation is 1. The summed E-state index contributed by atoms with van der Waals surface area (Å²) in [7, 11) is 0. The Hall–Kier alpha value is -2.71. The Kier molecular flexibility index (Phi) is 12.8. The van der Waals surface area contributed by atoms with Crippen LogP contribution in [0.15, 0.2) is 12.1 Å². The summed E-state index contributed by atoms with van der Waals surface area (Å²) in [6, 6.07) is 2.55. The minimum atomic E-state index is -1.69. The van der Waals surface area contributed by atoms with Gasteiger partial charge in [-0.2, -0.15) is 0 Å². The third-order valence-electron chi connectivity index (χ3n) is 7.06. The predicted octanol–water partition coefficient (Wildman–Crippen LogP) is 6.10. The molecule has 2 unspecified atom stereocenters. The molecule has 2 atom stereocenters. The molecule has 0 aliphatic heterocycles. The first-order valence-electron chi connectivity index (χ1n) is 13.5. The van der Waals surface area contributed by atoms with Gasteiger partial charge < -0.3 is 19.9 Å². The highest BCUT2D eigenvalue weighted by atomic mass is 19.2. The van der Waals surface area contributed by atoms with Gasteiger partial charge in [-0.1, -0.05) is 64.0 Å². The van der Waals surface area contributed by atoms with Crippen LogP contribution in [0, 0.1) is 17.0 Å². The monoisotopic (exact) mass is 525 g/mol. The zero-order chi connectivity index (χ0) is 27.3. The minimum Gasteiger partial charge on any atom is -0.480 e. The van der Waals surface area contributed by atoms with Crippen LogP contribution in [-0.4, -0.2) is 42.4 Å². The number of alkyl carbamates (subject to hydrolysis) is 1. The zero-order valence-corrected chi connectivity index (χ0v) is 22.1. The van der Waals surface area contributed by atoms with E-state index in [9.17, 15) is 28.3 Å². The Balaban J connectivity index is 1.75. The number of hydrogen-bond donors (Lipinski definition) is 2.